The van der Waals surface area contributed by atoms with Crippen LogP contribution in [0.15, 0.2) is 96.7 Å². The maximum absolute atomic E-state index is 13.2. The molecule has 2 saturated heterocycles. The normalized spacial score (nSPS) is 19.0. The van der Waals surface area contributed by atoms with Crippen LogP contribution in [0.5, 0.6) is 11.5 Å². The summed E-state index contributed by atoms with van der Waals surface area (Å²) in [5, 5.41) is 17.2. The van der Waals surface area contributed by atoms with Gasteiger partial charge in [-0.15, -0.1) is 0 Å². The van der Waals surface area contributed by atoms with Crippen molar-refractivity contribution in [3.05, 3.63) is 117 Å². The van der Waals surface area contributed by atoms with Crippen molar-refractivity contribution in [1.29, 1.82) is 0 Å². The molecule has 1 radical (unpaired) electrons. The van der Waals surface area contributed by atoms with Gasteiger partial charge in [0.15, 0.2) is 22.2 Å². The van der Waals surface area contributed by atoms with Crippen LogP contribution in [0.25, 0.3) is 22.2 Å². The Morgan fingerprint density at radius 2 is 1.29 bits per heavy atom. The van der Waals surface area contributed by atoms with Gasteiger partial charge in [0.1, 0.15) is 34.1 Å². The first-order chi connectivity index (χ1) is 31.6. The molecule has 10 rings (SSSR count). The van der Waals surface area contributed by atoms with Gasteiger partial charge in [-0.3, -0.25) is 44.6 Å². The van der Waals surface area contributed by atoms with Crippen LogP contribution in [0.4, 0.5) is 9.59 Å². The number of imide groups is 2. The van der Waals surface area contributed by atoms with Crippen molar-refractivity contribution in [2.75, 3.05) is 27.3 Å². The van der Waals surface area contributed by atoms with E-state index in [1.807, 2.05) is 12.1 Å². The number of rotatable bonds is 8. The van der Waals surface area contributed by atoms with Crippen LogP contribution in [0.3, 0.4) is 0 Å². The zero-order valence-electron chi connectivity index (χ0n) is 34.9. The molecule has 337 valence electrons. The fourth-order valence-electron chi connectivity index (χ4n) is 7.72. The number of carbonyl (C=O) groups excluding carboxylic acids is 6. The third-order valence-corrected chi connectivity index (χ3v) is 11.4. The first-order valence-corrected chi connectivity index (χ1v) is 20.6. The van der Waals surface area contributed by atoms with E-state index in [-0.39, 0.29) is 43.0 Å². The number of thiol groups is 1. The number of benzene rings is 2. The number of carboxylic acid groups (broad SMARTS) is 1. The van der Waals surface area contributed by atoms with Gasteiger partial charge in [-0.1, -0.05) is 12.1 Å². The van der Waals surface area contributed by atoms with E-state index in [1.54, 1.807) is 67.0 Å². The number of nitrogens with one attached hydrogen (secondary N) is 4. The number of pyridine rings is 2. The molecule has 2 aromatic carbocycles. The van der Waals surface area contributed by atoms with Crippen molar-refractivity contribution in [2.24, 2.45) is 4.30 Å². The third-order valence-electron chi connectivity index (χ3n) is 10.6. The van der Waals surface area contributed by atoms with E-state index in [1.165, 1.54) is 24.0 Å². The Balaban J connectivity index is 0.000000172. The number of aromatic nitrogens is 2. The topological polar surface area (TPSA) is 277 Å². The minimum atomic E-state index is -1.56. The molecule has 0 unspecified atom stereocenters. The van der Waals surface area contributed by atoms with Gasteiger partial charge in [0, 0.05) is 50.1 Å². The van der Waals surface area contributed by atoms with E-state index in [4.69, 9.17) is 28.2 Å². The molecule has 0 spiro atoms. The molecule has 0 bridgehead atoms. The Kier molecular flexibility index (Phi) is 13.3. The van der Waals surface area contributed by atoms with Gasteiger partial charge in [0.05, 0.1) is 37.3 Å². The molecule has 4 aliphatic rings. The fourth-order valence-corrected chi connectivity index (χ4v) is 8.44. The molecule has 8 heterocycles. The monoisotopic (exact) mass is 980 g/mol. The van der Waals surface area contributed by atoms with E-state index in [9.17, 15) is 28.8 Å². The van der Waals surface area contributed by atoms with Crippen LogP contribution in [-0.4, -0.2) is 101 Å². The summed E-state index contributed by atoms with van der Waals surface area (Å²) in [5.74, 6) is -0.997. The standard InChI is InChI=1S/C20H15BrN4O5.C20H16N4O5.C2H4O2.BHNS/c1-29-13-5-4-10-8-25(17(26)15(10)16(13)21)9-20(18(27)23-19(28)24-20)14-7-11-12(30-14)3-2-6-22-11;1-28-12-5-4-11-9-24(17(25)13(11)7-12)10-20(18(26)22-19(27)23-20)16-8-14-15(29-16)3-2-6-21-14;1-2(3)4;1-2-3/h2-7H,8-9H2,1H3,(H2,23,24,27,28);2-8H,9-10H2,1H3,(H2,22,23,26,27);1H3,(H,3,4);3H/t2*20-;;/m00../s1. The van der Waals surface area contributed by atoms with E-state index in [0.29, 0.717) is 55.8 Å². The van der Waals surface area contributed by atoms with Crippen LogP contribution in [0.1, 0.15) is 50.3 Å². The van der Waals surface area contributed by atoms with E-state index >= 15 is 0 Å². The summed E-state index contributed by atoms with van der Waals surface area (Å²) >= 11 is 6.62. The summed E-state index contributed by atoms with van der Waals surface area (Å²) in [5.41, 5.74) is 1.55. The molecule has 2 atom stereocenters. The molecular weight excluding hydrogens is 945 g/mol. The number of carbonyl (C=O) groups is 7. The summed E-state index contributed by atoms with van der Waals surface area (Å²) < 4.78 is 25.4. The van der Waals surface area contributed by atoms with Gasteiger partial charge in [0.25, 0.3) is 29.6 Å². The molecule has 4 aromatic heterocycles. The van der Waals surface area contributed by atoms with Crippen LogP contribution in [0.2, 0.25) is 0 Å². The van der Waals surface area contributed by atoms with Crippen LogP contribution < -0.4 is 30.7 Å². The number of amides is 8. The van der Waals surface area contributed by atoms with Gasteiger partial charge in [-0.25, -0.2) is 9.59 Å². The number of urea groups is 2. The van der Waals surface area contributed by atoms with Crippen LogP contribution in [-0.2, 0) is 38.6 Å². The number of fused-ring (bicyclic) bond motifs is 4. The SMILES string of the molecule is CC(=O)O.COc1ccc2c(c1)C(=O)N(C[C@@]1(c3cc4ncccc4o3)NC(=O)NC1=O)C2.COc1ccc2c(c1Br)C(=O)N(C[C@@]1(c3cc4ncccc4o3)NC(=O)NC1=O)C2.[B]=NS. The molecule has 6 aromatic rings. The number of hydrogen-bond acceptors (Lipinski definition) is 15. The Morgan fingerprint density at radius 3 is 1.74 bits per heavy atom. The number of methoxy groups -OCH3 is 2. The first kappa shape index (κ1) is 46.4. The zero-order chi connectivity index (χ0) is 47.5. The second-order valence-corrected chi connectivity index (χ2v) is 15.7. The van der Waals surface area contributed by atoms with Crippen molar-refractivity contribution in [3.63, 3.8) is 0 Å². The van der Waals surface area contributed by atoms with Crippen molar-refractivity contribution < 1.29 is 57.0 Å². The summed E-state index contributed by atoms with van der Waals surface area (Å²) in [6.45, 7) is 1.48. The summed E-state index contributed by atoms with van der Waals surface area (Å²) in [6.07, 6.45) is 3.21. The molecule has 66 heavy (non-hydrogen) atoms. The minimum absolute atomic E-state index is 0.0831. The van der Waals surface area contributed by atoms with Gasteiger partial charge in [0.2, 0.25) is 0 Å². The number of ether oxygens (including phenoxy) is 2. The number of hydrogen-bond donors (Lipinski definition) is 6. The van der Waals surface area contributed by atoms with E-state index in [0.717, 1.165) is 18.1 Å². The Morgan fingerprint density at radius 1 is 0.803 bits per heavy atom. The first-order valence-electron chi connectivity index (χ1n) is 19.4. The molecule has 0 saturated carbocycles. The average molecular weight is 982 g/mol. The number of halogens is 1. The molecule has 0 aliphatic carbocycles. The second-order valence-electron chi connectivity index (χ2n) is 14.7. The molecular formula is C42H36BBrN9O12S. The van der Waals surface area contributed by atoms with Gasteiger partial charge in [-0.2, -0.15) is 0 Å². The number of aliphatic carboxylic acids is 1. The summed E-state index contributed by atoms with van der Waals surface area (Å²) in [6, 6.07) is 17.6. The Bertz CT molecular complexity index is 2910. The summed E-state index contributed by atoms with van der Waals surface area (Å²) in [4.78, 5) is 96.3. The average Bonchev–Trinajstić information content (AvgIpc) is 4.13. The zero-order valence-corrected chi connectivity index (χ0v) is 37.4. The Hall–Kier alpha value is -7.60. The van der Waals surface area contributed by atoms with E-state index in [2.05, 4.69) is 71.9 Å². The fraction of sp³-hybridized carbons (Fsp3) is 0.214. The summed E-state index contributed by atoms with van der Waals surface area (Å²) in [7, 11) is 7.39. The van der Waals surface area contributed by atoms with Crippen molar-refractivity contribution in [1.82, 2.24) is 41.0 Å². The van der Waals surface area contributed by atoms with Gasteiger partial charge >= 0.3 is 36.8 Å². The molecule has 8 amide bonds. The Labute approximate surface area is 388 Å². The van der Waals surface area contributed by atoms with E-state index < -0.39 is 40.9 Å². The number of carboxylic acids is 1. The van der Waals surface area contributed by atoms with Gasteiger partial charge < -0.3 is 43.8 Å². The molecule has 2 fully saturated rings. The van der Waals surface area contributed by atoms with Crippen molar-refractivity contribution in [3.8, 4) is 11.5 Å². The quantitative estimate of drug-likeness (QED) is 0.0713. The molecule has 21 nitrogen and oxygen atoms in total. The van der Waals surface area contributed by atoms with Crippen LogP contribution in [0, 0.1) is 0 Å². The molecule has 24 heteroatoms. The number of nitrogens with zero attached hydrogens (tertiary/aromatic N) is 5. The van der Waals surface area contributed by atoms with Gasteiger partial charge in [-0.05, 0) is 69.5 Å². The molecule has 4 aliphatic heterocycles. The second kappa shape index (κ2) is 18.9. The predicted molar refractivity (Wildman–Crippen MR) is 238 cm³/mol. The predicted octanol–water partition coefficient (Wildman–Crippen LogP) is 4.09. The van der Waals surface area contributed by atoms with Crippen LogP contribution >= 0.6 is 28.7 Å². The number of furan rings is 2. The van der Waals surface area contributed by atoms with Crippen molar-refractivity contribution in [2.45, 2.75) is 31.1 Å². The maximum atomic E-state index is 13.2. The van der Waals surface area contributed by atoms with Crippen molar-refractivity contribution >= 4 is 100 Å². The molecule has 5 N–H and O–H groups in total. The third kappa shape index (κ3) is 8.78.